The number of aliphatic hydroxyl groups excluding tert-OH is 1. The lowest BCUT2D eigenvalue weighted by molar-refractivity contribution is 0.145. The first-order chi connectivity index (χ1) is 14.7. The number of aliphatic hydroxyl groups is 1. The summed E-state index contributed by atoms with van der Waals surface area (Å²) in [4.78, 5) is 2.55. The minimum absolute atomic E-state index is 0. The number of nitrogens with zero attached hydrogens (tertiary/aromatic N) is 2. The number of hydrogen-bond acceptors (Lipinski definition) is 4. The van der Waals surface area contributed by atoms with Gasteiger partial charge in [-0.1, -0.05) is 39.0 Å². The van der Waals surface area contributed by atoms with Crippen LogP contribution in [0.15, 0.2) is 36.4 Å². The Kier molecular flexibility index (Phi) is 6.26. The maximum atomic E-state index is 10.0. The summed E-state index contributed by atoms with van der Waals surface area (Å²) in [7, 11) is 1.72. The SMILES string of the molecule is C.CCCCOc1cc2c(cc1OC)CCN1Cc3c(c4ccccc4n3CO)CC21. The average molecular weight is 423 g/mol. The van der Waals surface area contributed by atoms with Gasteiger partial charge in [0, 0.05) is 30.2 Å². The molecule has 31 heavy (non-hydrogen) atoms. The molecule has 0 aliphatic carbocycles. The first-order valence-electron chi connectivity index (χ1n) is 11.0. The average Bonchev–Trinajstić information content (AvgIpc) is 3.10. The smallest absolute Gasteiger partial charge is 0.161 e. The Bertz CT molecular complexity index is 1070. The summed E-state index contributed by atoms with van der Waals surface area (Å²) in [5.41, 5.74) is 6.48. The number of fused-ring (bicyclic) bond motifs is 6. The van der Waals surface area contributed by atoms with Gasteiger partial charge in [-0.3, -0.25) is 4.90 Å². The number of aromatic nitrogens is 1. The van der Waals surface area contributed by atoms with Crippen molar-refractivity contribution in [1.29, 1.82) is 0 Å². The Labute approximate surface area is 185 Å². The lowest BCUT2D eigenvalue weighted by Gasteiger charge is -2.41. The van der Waals surface area contributed by atoms with Gasteiger partial charge < -0.3 is 19.1 Å². The van der Waals surface area contributed by atoms with E-state index in [0.717, 1.165) is 55.8 Å². The second-order valence-corrected chi connectivity index (χ2v) is 8.36. The zero-order chi connectivity index (χ0) is 20.7. The molecule has 3 aromatic rings. The molecular weight excluding hydrogens is 388 g/mol. The van der Waals surface area contributed by atoms with E-state index in [-0.39, 0.29) is 14.2 Å². The zero-order valence-electron chi connectivity index (χ0n) is 17.9. The van der Waals surface area contributed by atoms with E-state index in [1.807, 2.05) is 0 Å². The summed E-state index contributed by atoms with van der Waals surface area (Å²) in [5.74, 6) is 1.70. The lowest BCUT2D eigenvalue weighted by Crippen LogP contribution is -2.39. The topological polar surface area (TPSA) is 46.9 Å². The van der Waals surface area contributed by atoms with Crippen molar-refractivity contribution in [2.75, 3.05) is 20.3 Å². The molecule has 5 heteroatoms. The molecule has 2 aromatic carbocycles. The van der Waals surface area contributed by atoms with Crippen LogP contribution >= 0.6 is 0 Å². The minimum atomic E-state index is 0. The molecule has 3 heterocycles. The molecule has 0 fully saturated rings. The van der Waals surface area contributed by atoms with Crippen LogP contribution in [0.3, 0.4) is 0 Å². The monoisotopic (exact) mass is 422 g/mol. The maximum absolute atomic E-state index is 10.0. The van der Waals surface area contributed by atoms with Crippen LogP contribution in [0.4, 0.5) is 0 Å². The number of rotatable bonds is 6. The third-order valence-corrected chi connectivity index (χ3v) is 6.73. The molecule has 1 atom stereocenters. The fraction of sp³-hybridized carbons (Fsp3) is 0.462. The van der Waals surface area contributed by atoms with Gasteiger partial charge >= 0.3 is 0 Å². The molecule has 0 saturated heterocycles. The van der Waals surface area contributed by atoms with Crippen LogP contribution in [0, 0.1) is 0 Å². The largest absolute Gasteiger partial charge is 0.493 e. The van der Waals surface area contributed by atoms with Crippen LogP contribution in [0.1, 0.15) is 55.6 Å². The van der Waals surface area contributed by atoms with Crippen molar-refractivity contribution in [2.24, 2.45) is 0 Å². The first kappa shape index (κ1) is 21.7. The second-order valence-electron chi connectivity index (χ2n) is 8.36. The Morgan fingerprint density at radius 1 is 1.16 bits per heavy atom. The predicted octanol–water partition coefficient (Wildman–Crippen LogP) is 5.07. The number of unbranched alkanes of at least 4 members (excludes halogenated alkanes) is 1. The molecule has 5 rings (SSSR count). The van der Waals surface area contributed by atoms with Gasteiger partial charge in [0.2, 0.25) is 0 Å². The van der Waals surface area contributed by atoms with E-state index in [1.165, 1.54) is 27.8 Å². The van der Waals surface area contributed by atoms with E-state index >= 15 is 0 Å². The van der Waals surface area contributed by atoms with Crippen LogP contribution < -0.4 is 9.47 Å². The highest BCUT2D eigenvalue weighted by atomic mass is 16.5. The molecule has 2 aliphatic heterocycles. The van der Waals surface area contributed by atoms with Gasteiger partial charge in [0.15, 0.2) is 11.5 Å². The Balaban J connectivity index is 0.00000231. The maximum Gasteiger partial charge on any atom is 0.161 e. The molecule has 5 nitrogen and oxygen atoms in total. The normalized spacial score (nSPS) is 17.5. The molecule has 0 spiro atoms. The van der Waals surface area contributed by atoms with Crippen molar-refractivity contribution in [2.45, 2.75) is 59.4 Å². The lowest BCUT2D eigenvalue weighted by atomic mass is 9.85. The predicted molar refractivity (Wildman–Crippen MR) is 125 cm³/mol. The van der Waals surface area contributed by atoms with Crippen molar-refractivity contribution < 1.29 is 14.6 Å². The number of hydrogen-bond donors (Lipinski definition) is 1. The first-order valence-corrected chi connectivity index (χ1v) is 11.0. The van der Waals surface area contributed by atoms with Gasteiger partial charge in [0.05, 0.1) is 19.2 Å². The van der Waals surface area contributed by atoms with E-state index < -0.39 is 0 Å². The highest BCUT2D eigenvalue weighted by Gasteiger charge is 2.35. The van der Waals surface area contributed by atoms with E-state index in [0.29, 0.717) is 12.6 Å². The molecule has 0 bridgehead atoms. The fourth-order valence-corrected chi connectivity index (χ4v) is 5.17. The molecule has 166 valence electrons. The fourth-order valence-electron chi connectivity index (χ4n) is 5.17. The molecule has 1 N–H and O–H groups in total. The number of benzene rings is 2. The van der Waals surface area contributed by atoms with Crippen LogP contribution in [-0.4, -0.2) is 34.8 Å². The van der Waals surface area contributed by atoms with Crippen LogP contribution in [0.25, 0.3) is 10.9 Å². The standard InChI is InChI=1S/C25H30N2O3.CH4/c1-3-4-11-30-25-14-19-17(12-24(25)29-2)9-10-26-15-23-20(13-22(19)26)18-7-5-6-8-21(18)27(23)16-28;/h5-8,12,14,22,28H,3-4,9-11,13,15-16H2,1-2H3;1H4. The Morgan fingerprint density at radius 2 is 2.00 bits per heavy atom. The van der Waals surface area contributed by atoms with E-state index in [9.17, 15) is 5.11 Å². The Morgan fingerprint density at radius 3 is 2.77 bits per heavy atom. The van der Waals surface area contributed by atoms with Crippen molar-refractivity contribution in [3.8, 4) is 11.5 Å². The second kappa shape index (κ2) is 8.93. The third-order valence-electron chi connectivity index (χ3n) is 6.73. The summed E-state index contributed by atoms with van der Waals surface area (Å²) >= 11 is 0. The van der Waals surface area contributed by atoms with E-state index in [2.05, 4.69) is 52.8 Å². The summed E-state index contributed by atoms with van der Waals surface area (Å²) in [5, 5.41) is 11.3. The molecule has 0 radical (unpaired) electrons. The number of methoxy groups -OCH3 is 1. The quantitative estimate of drug-likeness (QED) is 0.564. The summed E-state index contributed by atoms with van der Waals surface area (Å²) < 4.78 is 13.8. The summed E-state index contributed by atoms with van der Waals surface area (Å²) in [6, 6.07) is 13.2. The number of ether oxygens (including phenoxy) is 2. The van der Waals surface area contributed by atoms with Crippen molar-refractivity contribution in [3.05, 3.63) is 58.8 Å². The minimum Gasteiger partial charge on any atom is -0.493 e. The van der Waals surface area contributed by atoms with Gasteiger partial charge in [0.1, 0.15) is 6.73 Å². The van der Waals surface area contributed by atoms with Crippen molar-refractivity contribution in [3.63, 3.8) is 0 Å². The molecule has 0 amide bonds. The van der Waals surface area contributed by atoms with E-state index in [1.54, 1.807) is 7.11 Å². The third kappa shape index (κ3) is 3.60. The van der Waals surface area contributed by atoms with Gasteiger partial charge in [-0.15, -0.1) is 0 Å². The van der Waals surface area contributed by atoms with Gasteiger partial charge in [-0.05, 0) is 54.2 Å². The van der Waals surface area contributed by atoms with Crippen molar-refractivity contribution >= 4 is 10.9 Å². The molecular formula is C26H34N2O3. The van der Waals surface area contributed by atoms with Gasteiger partial charge in [-0.25, -0.2) is 0 Å². The van der Waals surface area contributed by atoms with Gasteiger partial charge in [-0.2, -0.15) is 0 Å². The highest BCUT2D eigenvalue weighted by molar-refractivity contribution is 5.86. The molecule has 1 unspecified atom stereocenters. The molecule has 1 aromatic heterocycles. The highest BCUT2D eigenvalue weighted by Crippen LogP contribution is 2.44. The zero-order valence-corrected chi connectivity index (χ0v) is 17.9. The van der Waals surface area contributed by atoms with Crippen LogP contribution in [-0.2, 0) is 26.1 Å². The number of para-hydroxylation sites is 1. The van der Waals surface area contributed by atoms with Gasteiger partial charge in [0.25, 0.3) is 0 Å². The van der Waals surface area contributed by atoms with E-state index in [4.69, 9.17) is 9.47 Å². The molecule has 2 aliphatic rings. The molecule has 0 saturated carbocycles. The summed E-state index contributed by atoms with van der Waals surface area (Å²) in [6.07, 6.45) is 4.11. The van der Waals surface area contributed by atoms with Crippen LogP contribution in [0.5, 0.6) is 11.5 Å². The van der Waals surface area contributed by atoms with Crippen LogP contribution in [0.2, 0.25) is 0 Å². The Hall–Kier alpha value is -2.50. The van der Waals surface area contributed by atoms with Crippen molar-refractivity contribution in [1.82, 2.24) is 9.47 Å². The summed E-state index contributed by atoms with van der Waals surface area (Å²) in [6.45, 7) is 4.80.